The van der Waals surface area contributed by atoms with Crippen LogP contribution >= 0.6 is 0 Å². The van der Waals surface area contributed by atoms with Gasteiger partial charge in [-0.15, -0.1) is 0 Å². The summed E-state index contributed by atoms with van der Waals surface area (Å²) >= 11 is 0. The number of nitrogens with one attached hydrogen (secondary N) is 1. The van der Waals surface area contributed by atoms with Crippen LogP contribution in [0.15, 0.2) is 83.3 Å². The molecule has 2 amide bonds. The number of furan rings is 1. The maximum absolute atomic E-state index is 14.2. The molecule has 0 aliphatic carbocycles. The number of hydrogen-bond donors (Lipinski definition) is 1. The van der Waals surface area contributed by atoms with E-state index in [4.69, 9.17) is 9.15 Å². The van der Waals surface area contributed by atoms with E-state index in [1.165, 1.54) is 24.3 Å². The second-order valence-corrected chi connectivity index (χ2v) is 10.1. The van der Waals surface area contributed by atoms with Crippen LogP contribution in [0.4, 0.5) is 8.78 Å². The Bertz CT molecular complexity index is 1510. The van der Waals surface area contributed by atoms with E-state index in [1.54, 1.807) is 30.3 Å². The molecule has 0 saturated heterocycles. The van der Waals surface area contributed by atoms with Gasteiger partial charge in [-0.25, -0.2) is 8.78 Å². The van der Waals surface area contributed by atoms with E-state index in [0.29, 0.717) is 30.0 Å². The van der Waals surface area contributed by atoms with Gasteiger partial charge in [-0.1, -0.05) is 44.2 Å². The van der Waals surface area contributed by atoms with Crippen LogP contribution in [-0.2, 0) is 24.4 Å². The lowest BCUT2D eigenvalue weighted by Gasteiger charge is -2.39. The van der Waals surface area contributed by atoms with E-state index in [2.05, 4.69) is 5.32 Å². The Morgan fingerprint density at radius 3 is 2.55 bits per heavy atom. The fourth-order valence-corrected chi connectivity index (χ4v) is 4.89. The lowest BCUT2D eigenvalue weighted by Crippen LogP contribution is -2.42. The average Bonchev–Trinajstić information content (AvgIpc) is 3.43. The summed E-state index contributed by atoms with van der Waals surface area (Å²) in [5.41, 5.74) is 3.44. The van der Waals surface area contributed by atoms with Crippen LogP contribution in [0.25, 0.3) is 0 Å². The van der Waals surface area contributed by atoms with Crippen molar-refractivity contribution in [3.63, 3.8) is 0 Å². The van der Waals surface area contributed by atoms with Crippen LogP contribution < -0.4 is 10.1 Å². The van der Waals surface area contributed by atoms with E-state index >= 15 is 0 Å². The molecule has 1 atom stereocenters. The molecule has 5 rings (SSSR count). The first kappa shape index (κ1) is 27.1. The molecule has 0 fully saturated rings. The molecule has 2 heterocycles. The Morgan fingerprint density at radius 1 is 1.00 bits per heavy atom. The number of ether oxygens (including phenoxy) is 1. The predicted octanol–water partition coefficient (Wildman–Crippen LogP) is 6.20. The highest BCUT2D eigenvalue weighted by Crippen LogP contribution is 2.38. The number of amides is 2. The van der Waals surface area contributed by atoms with Crippen LogP contribution in [0, 0.1) is 17.6 Å². The number of benzene rings is 3. The third-order valence-corrected chi connectivity index (χ3v) is 6.92. The number of fused-ring (bicyclic) bond motifs is 1. The van der Waals surface area contributed by atoms with Crippen molar-refractivity contribution in [3.05, 3.63) is 124 Å². The monoisotopic (exact) mass is 544 g/mol. The van der Waals surface area contributed by atoms with Gasteiger partial charge in [0.25, 0.3) is 5.91 Å². The number of rotatable bonds is 8. The summed E-state index contributed by atoms with van der Waals surface area (Å²) in [6, 6.07) is 20.8. The Balaban J connectivity index is 1.30. The number of halogens is 2. The molecule has 4 aromatic rings. The topological polar surface area (TPSA) is 71.8 Å². The third kappa shape index (κ3) is 6.06. The molecule has 1 aromatic heterocycles. The molecule has 0 spiro atoms. The third-order valence-electron chi connectivity index (χ3n) is 6.92. The van der Waals surface area contributed by atoms with E-state index in [-0.39, 0.29) is 42.4 Å². The Labute approximate surface area is 231 Å². The lowest BCUT2D eigenvalue weighted by atomic mass is 9.87. The van der Waals surface area contributed by atoms with Gasteiger partial charge in [-0.3, -0.25) is 9.59 Å². The fourth-order valence-electron chi connectivity index (χ4n) is 4.89. The van der Waals surface area contributed by atoms with Gasteiger partial charge in [0.15, 0.2) is 5.76 Å². The zero-order chi connectivity index (χ0) is 28.2. The second-order valence-electron chi connectivity index (χ2n) is 10.1. The van der Waals surface area contributed by atoms with Crippen LogP contribution in [0.1, 0.15) is 58.5 Å². The zero-order valence-electron chi connectivity index (χ0n) is 22.3. The minimum absolute atomic E-state index is 0.00653. The van der Waals surface area contributed by atoms with Gasteiger partial charge in [-0.2, -0.15) is 0 Å². The van der Waals surface area contributed by atoms with Gasteiger partial charge in [0.1, 0.15) is 29.8 Å². The van der Waals surface area contributed by atoms with Crippen molar-refractivity contribution >= 4 is 11.8 Å². The van der Waals surface area contributed by atoms with Crippen LogP contribution in [0.5, 0.6) is 5.75 Å². The average molecular weight is 545 g/mol. The molecule has 40 heavy (non-hydrogen) atoms. The molecular weight excluding hydrogens is 514 g/mol. The van der Waals surface area contributed by atoms with E-state index < -0.39 is 11.9 Å². The summed E-state index contributed by atoms with van der Waals surface area (Å²) in [6.45, 7) is 4.60. The van der Waals surface area contributed by atoms with Crippen molar-refractivity contribution in [2.75, 3.05) is 6.54 Å². The molecule has 8 heteroatoms. The molecular formula is C32H30F2N2O4. The van der Waals surface area contributed by atoms with E-state index in [0.717, 1.165) is 16.7 Å². The van der Waals surface area contributed by atoms with Gasteiger partial charge in [0.05, 0.1) is 6.04 Å². The Hall–Kier alpha value is -4.46. The largest absolute Gasteiger partial charge is 0.486 e. The summed E-state index contributed by atoms with van der Waals surface area (Å²) in [5.74, 6) is -0.108. The van der Waals surface area contributed by atoms with Gasteiger partial charge in [0.2, 0.25) is 5.91 Å². The molecule has 0 unspecified atom stereocenters. The Morgan fingerprint density at radius 2 is 1.80 bits per heavy atom. The molecule has 3 aromatic carbocycles. The molecule has 0 saturated carbocycles. The molecule has 0 radical (unpaired) electrons. The lowest BCUT2D eigenvalue weighted by molar-refractivity contribution is -0.136. The normalized spacial score (nSPS) is 14.6. The summed E-state index contributed by atoms with van der Waals surface area (Å²) in [5, 5.41) is 2.75. The number of carbonyl (C=O) groups excluding carboxylic acids is 2. The summed E-state index contributed by atoms with van der Waals surface area (Å²) in [6.07, 6.45) is 0.689. The van der Waals surface area contributed by atoms with Crippen LogP contribution in [0.3, 0.4) is 0 Å². The summed E-state index contributed by atoms with van der Waals surface area (Å²) in [4.78, 5) is 27.4. The molecule has 1 N–H and O–H groups in total. The molecule has 1 aliphatic rings. The van der Waals surface area contributed by atoms with Crippen molar-refractivity contribution in [1.82, 2.24) is 10.2 Å². The van der Waals surface area contributed by atoms with Gasteiger partial charge < -0.3 is 19.4 Å². The van der Waals surface area contributed by atoms with Crippen LogP contribution in [-0.4, -0.2) is 23.3 Å². The smallest absolute Gasteiger partial charge is 0.287 e. The number of hydrogen-bond acceptors (Lipinski definition) is 4. The Kier molecular flexibility index (Phi) is 7.96. The SMILES string of the molecule is CC(C)C(=O)N1CCc2ccc(OCc3ccc(C(=O)NCc4ccc(F)cc4)o3)cc2[C@H]1c1cccc(F)c1. The first-order valence-corrected chi connectivity index (χ1v) is 13.2. The van der Waals surface area contributed by atoms with Crippen molar-refractivity contribution in [2.24, 2.45) is 5.92 Å². The van der Waals surface area contributed by atoms with E-state index in [1.807, 2.05) is 43.0 Å². The highest BCUT2D eigenvalue weighted by Gasteiger charge is 2.33. The van der Waals surface area contributed by atoms with Crippen LogP contribution in [0.2, 0.25) is 0 Å². The molecule has 1 aliphatic heterocycles. The minimum Gasteiger partial charge on any atom is -0.486 e. The highest BCUT2D eigenvalue weighted by molar-refractivity contribution is 5.91. The quantitative estimate of drug-likeness (QED) is 0.287. The van der Waals surface area contributed by atoms with Crippen molar-refractivity contribution in [1.29, 1.82) is 0 Å². The zero-order valence-corrected chi connectivity index (χ0v) is 22.3. The van der Waals surface area contributed by atoms with Gasteiger partial charge >= 0.3 is 0 Å². The van der Waals surface area contributed by atoms with Crippen molar-refractivity contribution < 1.29 is 27.5 Å². The van der Waals surface area contributed by atoms with Gasteiger partial charge in [0, 0.05) is 19.0 Å². The molecule has 0 bridgehead atoms. The van der Waals surface area contributed by atoms with Crippen molar-refractivity contribution in [3.8, 4) is 5.75 Å². The standard InChI is InChI=1S/C32H30F2N2O4/c1-20(2)32(38)36-15-14-22-8-11-26(17-28(22)30(36)23-4-3-5-25(34)16-23)39-19-27-12-13-29(40-27)31(37)35-18-21-6-9-24(33)10-7-21/h3-13,16-17,20,30H,14-15,18-19H2,1-2H3,(H,35,37)/t30-/m1/s1. The highest BCUT2D eigenvalue weighted by atomic mass is 19.1. The summed E-state index contributed by atoms with van der Waals surface area (Å²) in [7, 11) is 0. The first-order valence-electron chi connectivity index (χ1n) is 13.2. The fraction of sp³-hybridized carbons (Fsp3) is 0.250. The second kappa shape index (κ2) is 11.7. The molecule has 6 nitrogen and oxygen atoms in total. The summed E-state index contributed by atoms with van der Waals surface area (Å²) < 4.78 is 39.0. The molecule has 206 valence electrons. The van der Waals surface area contributed by atoms with Gasteiger partial charge in [-0.05, 0) is 77.2 Å². The number of nitrogens with zero attached hydrogens (tertiary/aromatic N) is 1. The first-order chi connectivity index (χ1) is 19.3. The number of carbonyl (C=O) groups is 2. The minimum atomic E-state index is -0.432. The maximum Gasteiger partial charge on any atom is 0.287 e. The van der Waals surface area contributed by atoms with Crippen molar-refractivity contribution in [2.45, 2.75) is 39.5 Å². The predicted molar refractivity (Wildman–Crippen MR) is 146 cm³/mol. The van der Waals surface area contributed by atoms with E-state index in [9.17, 15) is 18.4 Å². The maximum atomic E-state index is 14.2.